The van der Waals surface area contributed by atoms with Crippen LogP contribution in [0.4, 0.5) is 8.78 Å². The number of nitrogens with zero attached hydrogens (tertiary/aromatic N) is 3. The van der Waals surface area contributed by atoms with Gasteiger partial charge < -0.3 is 4.90 Å². The minimum atomic E-state index is -3.80. The van der Waals surface area contributed by atoms with E-state index in [1.807, 2.05) is 0 Å². The first-order valence-electron chi connectivity index (χ1n) is 8.51. The van der Waals surface area contributed by atoms with Gasteiger partial charge in [0.05, 0.1) is 11.4 Å². The van der Waals surface area contributed by atoms with Crippen LogP contribution in [-0.4, -0.2) is 54.6 Å². The molecule has 146 valence electrons. The van der Waals surface area contributed by atoms with Crippen molar-refractivity contribution in [2.24, 2.45) is 0 Å². The molecular weight excluding hydrogens is 378 g/mol. The largest absolute Gasteiger partial charge is 0.338 e. The first kappa shape index (κ1) is 19.4. The van der Waals surface area contributed by atoms with Gasteiger partial charge in [0, 0.05) is 50.4 Å². The van der Waals surface area contributed by atoms with Crippen molar-refractivity contribution in [2.75, 3.05) is 19.6 Å². The molecular formula is C17H20F2N4O3S. The van der Waals surface area contributed by atoms with Crippen LogP contribution in [0.3, 0.4) is 0 Å². The number of nitrogens with one attached hydrogen (secondary N) is 1. The Hall–Kier alpha value is -2.33. The molecule has 1 N–H and O–H groups in total. The third kappa shape index (κ3) is 4.89. The van der Waals surface area contributed by atoms with Gasteiger partial charge in [-0.1, -0.05) is 6.07 Å². The Labute approximate surface area is 156 Å². The van der Waals surface area contributed by atoms with Crippen molar-refractivity contribution in [3.8, 4) is 0 Å². The molecule has 1 aromatic carbocycles. The van der Waals surface area contributed by atoms with Gasteiger partial charge in [-0.05, 0) is 24.3 Å². The number of sulfonamides is 1. The van der Waals surface area contributed by atoms with Gasteiger partial charge in [0.25, 0.3) is 11.8 Å². The van der Waals surface area contributed by atoms with Crippen molar-refractivity contribution in [3.05, 3.63) is 48.3 Å². The van der Waals surface area contributed by atoms with E-state index in [9.17, 15) is 22.0 Å². The molecule has 2 aromatic rings. The molecule has 0 unspecified atom stereocenters. The van der Waals surface area contributed by atoms with Crippen LogP contribution in [-0.2, 0) is 16.6 Å². The number of hydrogen-bond donors (Lipinski definition) is 1. The zero-order valence-corrected chi connectivity index (χ0v) is 15.3. The zero-order valence-electron chi connectivity index (χ0n) is 14.5. The number of piperidine rings is 1. The SMILES string of the molecule is O=C(c1cccc(S(=O)(=O)NCCn2cccn2)c1)N1CCC(F)(F)CC1. The van der Waals surface area contributed by atoms with E-state index in [0.29, 0.717) is 6.54 Å². The predicted molar refractivity (Wildman–Crippen MR) is 93.9 cm³/mol. The van der Waals surface area contributed by atoms with E-state index in [2.05, 4.69) is 9.82 Å². The number of likely N-dealkylation sites (tertiary alicyclic amines) is 1. The minimum Gasteiger partial charge on any atom is -0.338 e. The highest BCUT2D eigenvalue weighted by atomic mass is 32.2. The maximum absolute atomic E-state index is 13.3. The minimum absolute atomic E-state index is 0.0452. The van der Waals surface area contributed by atoms with E-state index in [0.717, 1.165) is 0 Å². The number of rotatable bonds is 6. The lowest BCUT2D eigenvalue weighted by molar-refractivity contribution is -0.0494. The summed E-state index contributed by atoms with van der Waals surface area (Å²) < 4.78 is 55.4. The lowest BCUT2D eigenvalue weighted by Crippen LogP contribution is -2.42. The topological polar surface area (TPSA) is 84.3 Å². The fourth-order valence-electron chi connectivity index (χ4n) is 2.83. The Morgan fingerprint density at radius 2 is 1.96 bits per heavy atom. The molecule has 1 fully saturated rings. The van der Waals surface area contributed by atoms with E-state index in [1.165, 1.54) is 29.2 Å². The number of carbonyl (C=O) groups is 1. The zero-order chi connectivity index (χ0) is 19.5. The van der Waals surface area contributed by atoms with Crippen molar-refractivity contribution in [1.82, 2.24) is 19.4 Å². The summed E-state index contributed by atoms with van der Waals surface area (Å²) in [7, 11) is -3.80. The molecule has 1 saturated heterocycles. The van der Waals surface area contributed by atoms with Crippen LogP contribution in [0.2, 0.25) is 0 Å². The smallest absolute Gasteiger partial charge is 0.253 e. The first-order chi connectivity index (χ1) is 12.8. The van der Waals surface area contributed by atoms with E-state index < -0.39 is 21.9 Å². The summed E-state index contributed by atoms with van der Waals surface area (Å²) in [5.74, 6) is -3.19. The second-order valence-corrected chi connectivity index (χ2v) is 8.11. The molecule has 0 radical (unpaired) electrons. The second-order valence-electron chi connectivity index (χ2n) is 6.34. The first-order valence-corrected chi connectivity index (χ1v) is 9.99. The van der Waals surface area contributed by atoms with Crippen LogP contribution in [0.1, 0.15) is 23.2 Å². The number of halogens is 2. The molecule has 0 spiro atoms. The quantitative estimate of drug-likeness (QED) is 0.803. The molecule has 2 heterocycles. The molecule has 1 aromatic heterocycles. The Morgan fingerprint density at radius 1 is 1.22 bits per heavy atom. The Kier molecular flexibility index (Phi) is 5.56. The molecule has 0 saturated carbocycles. The standard InChI is InChI=1S/C17H20F2N4O3S/c18-17(19)5-10-22(11-6-17)16(24)14-3-1-4-15(13-14)27(25,26)21-8-12-23-9-2-7-20-23/h1-4,7,9,13,21H,5-6,8,10-12H2. The average molecular weight is 398 g/mol. The van der Waals surface area contributed by atoms with Crippen LogP contribution in [0, 0.1) is 0 Å². The lowest BCUT2D eigenvalue weighted by Gasteiger charge is -2.31. The highest BCUT2D eigenvalue weighted by Crippen LogP contribution is 2.28. The molecule has 1 aliphatic heterocycles. The molecule has 27 heavy (non-hydrogen) atoms. The molecule has 1 aliphatic rings. The van der Waals surface area contributed by atoms with Gasteiger partial charge in [0.2, 0.25) is 10.0 Å². The number of alkyl halides is 2. The van der Waals surface area contributed by atoms with Gasteiger partial charge in [0.15, 0.2) is 0 Å². The van der Waals surface area contributed by atoms with Crippen LogP contribution in [0.15, 0.2) is 47.6 Å². The maximum Gasteiger partial charge on any atom is 0.253 e. The lowest BCUT2D eigenvalue weighted by atomic mass is 10.1. The maximum atomic E-state index is 13.3. The summed E-state index contributed by atoms with van der Waals surface area (Å²) in [4.78, 5) is 13.8. The van der Waals surface area contributed by atoms with Gasteiger partial charge in [-0.15, -0.1) is 0 Å². The predicted octanol–water partition coefficient (Wildman–Crippen LogP) is 1.73. The van der Waals surface area contributed by atoms with Gasteiger partial charge in [-0.2, -0.15) is 5.10 Å². The van der Waals surface area contributed by atoms with E-state index in [1.54, 1.807) is 23.1 Å². The number of benzene rings is 1. The third-order valence-corrected chi connectivity index (χ3v) is 5.82. The van der Waals surface area contributed by atoms with Crippen LogP contribution in [0.25, 0.3) is 0 Å². The van der Waals surface area contributed by atoms with Crippen molar-refractivity contribution in [2.45, 2.75) is 30.2 Å². The van der Waals surface area contributed by atoms with Gasteiger partial charge >= 0.3 is 0 Å². The second kappa shape index (κ2) is 7.73. The van der Waals surface area contributed by atoms with Gasteiger partial charge in [0.1, 0.15) is 0 Å². The van der Waals surface area contributed by atoms with Crippen molar-refractivity contribution in [1.29, 1.82) is 0 Å². The van der Waals surface area contributed by atoms with E-state index in [-0.39, 0.29) is 42.9 Å². The molecule has 0 atom stereocenters. The van der Waals surface area contributed by atoms with Crippen LogP contribution >= 0.6 is 0 Å². The summed E-state index contributed by atoms with van der Waals surface area (Å²) in [6.45, 7) is 0.409. The van der Waals surface area contributed by atoms with E-state index in [4.69, 9.17) is 0 Å². The number of carbonyl (C=O) groups excluding carboxylic acids is 1. The van der Waals surface area contributed by atoms with E-state index >= 15 is 0 Å². The highest BCUT2D eigenvalue weighted by molar-refractivity contribution is 7.89. The van der Waals surface area contributed by atoms with Crippen molar-refractivity contribution >= 4 is 15.9 Å². The van der Waals surface area contributed by atoms with Crippen molar-refractivity contribution in [3.63, 3.8) is 0 Å². The van der Waals surface area contributed by atoms with Gasteiger partial charge in [-0.3, -0.25) is 9.48 Å². The van der Waals surface area contributed by atoms with Crippen LogP contribution < -0.4 is 4.72 Å². The molecule has 1 amide bonds. The number of amides is 1. The molecule has 10 heteroatoms. The molecule has 7 nitrogen and oxygen atoms in total. The Morgan fingerprint density at radius 3 is 2.63 bits per heavy atom. The summed E-state index contributed by atoms with van der Waals surface area (Å²) in [6, 6.07) is 7.34. The third-order valence-electron chi connectivity index (χ3n) is 4.37. The number of aromatic nitrogens is 2. The fourth-order valence-corrected chi connectivity index (χ4v) is 3.89. The van der Waals surface area contributed by atoms with Gasteiger partial charge in [-0.25, -0.2) is 21.9 Å². The average Bonchev–Trinajstić information content (AvgIpc) is 3.14. The summed E-state index contributed by atoms with van der Waals surface area (Å²) >= 11 is 0. The summed E-state index contributed by atoms with van der Waals surface area (Å²) in [5, 5.41) is 3.99. The summed E-state index contributed by atoms with van der Waals surface area (Å²) in [6.07, 6.45) is 2.55. The van der Waals surface area contributed by atoms with Crippen LogP contribution in [0.5, 0.6) is 0 Å². The Balaban J connectivity index is 1.66. The monoisotopic (exact) mass is 398 g/mol. The van der Waals surface area contributed by atoms with Crippen molar-refractivity contribution < 1.29 is 22.0 Å². The summed E-state index contributed by atoms with van der Waals surface area (Å²) in [5.41, 5.74) is 0.162. The highest BCUT2D eigenvalue weighted by Gasteiger charge is 2.35. The fraction of sp³-hybridized carbons (Fsp3) is 0.412. The molecule has 0 aliphatic carbocycles. The normalized spacial score (nSPS) is 17.0. The molecule has 0 bridgehead atoms. The molecule has 3 rings (SSSR count). The number of hydrogen-bond acceptors (Lipinski definition) is 4. The Bertz CT molecular complexity index is 891.